The lowest BCUT2D eigenvalue weighted by Gasteiger charge is -2.44. The number of carbonyl (C=O) groups is 1. The molecule has 3 atom stereocenters. The maximum atomic E-state index is 13.0. The van der Waals surface area contributed by atoms with Crippen molar-refractivity contribution in [3.63, 3.8) is 0 Å². The van der Waals surface area contributed by atoms with E-state index in [2.05, 4.69) is 67.7 Å². The van der Waals surface area contributed by atoms with Crippen molar-refractivity contribution in [2.24, 2.45) is 11.3 Å². The Labute approximate surface area is 265 Å². The van der Waals surface area contributed by atoms with Crippen molar-refractivity contribution < 1.29 is 23.7 Å². The summed E-state index contributed by atoms with van der Waals surface area (Å²) in [5, 5.41) is 6.87. The van der Waals surface area contributed by atoms with Gasteiger partial charge in [-0.05, 0) is 74.6 Å². The number of nitrogens with one attached hydrogen (secondary N) is 2. The predicted octanol–water partition coefficient (Wildman–Crippen LogP) is 5.58. The molecule has 1 unspecified atom stereocenters. The Morgan fingerprint density at radius 2 is 2.02 bits per heavy atom. The number of amides is 1. The molecule has 244 valence electrons. The lowest BCUT2D eigenvalue weighted by Crippen LogP contribution is -2.50. The minimum absolute atomic E-state index is 0.143. The number of benzene rings is 1. The summed E-state index contributed by atoms with van der Waals surface area (Å²) in [6.07, 6.45) is 11.5. The van der Waals surface area contributed by atoms with Gasteiger partial charge >= 0.3 is 0 Å². The van der Waals surface area contributed by atoms with Crippen molar-refractivity contribution in [3.05, 3.63) is 60.7 Å². The molecule has 1 aromatic rings. The number of anilines is 1. The van der Waals surface area contributed by atoms with E-state index < -0.39 is 11.0 Å². The minimum Gasteiger partial charge on any atom is -0.479 e. The summed E-state index contributed by atoms with van der Waals surface area (Å²) in [6.45, 7) is 20.1. The van der Waals surface area contributed by atoms with E-state index in [1.165, 1.54) is 0 Å². The van der Waals surface area contributed by atoms with Crippen LogP contribution in [0.2, 0.25) is 0 Å². The van der Waals surface area contributed by atoms with Gasteiger partial charge in [-0.15, -0.1) is 0 Å². The van der Waals surface area contributed by atoms with Crippen molar-refractivity contribution >= 4 is 11.6 Å². The molecule has 1 amide bonds. The van der Waals surface area contributed by atoms with E-state index in [1.807, 2.05) is 12.2 Å². The molecule has 0 bridgehead atoms. The summed E-state index contributed by atoms with van der Waals surface area (Å²) in [6, 6.07) is 6.68. The molecule has 0 spiro atoms. The van der Waals surface area contributed by atoms with E-state index in [0.29, 0.717) is 31.7 Å². The summed E-state index contributed by atoms with van der Waals surface area (Å²) in [5.74, 6) is 1.54. The summed E-state index contributed by atoms with van der Waals surface area (Å²) in [7, 11) is 1.74. The first-order chi connectivity index (χ1) is 21.2. The van der Waals surface area contributed by atoms with Gasteiger partial charge in [0.15, 0.2) is 0 Å². The third-order valence-electron chi connectivity index (χ3n) is 9.32. The molecule has 3 heterocycles. The number of piperidine rings is 1. The molecule has 3 aliphatic rings. The second-order valence-corrected chi connectivity index (χ2v) is 13.4. The normalized spacial score (nSPS) is 24.7. The van der Waals surface area contributed by atoms with Crippen molar-refractivity contribution in [1.82, 2.24) is 10.6 Å². The zero-order valence-electron chi connectivity index (χ0n) is 27.5. The van der Waals surface area contributed by atoms with Gasteiger partial charge in [0.1, 0.15) is 11.4 Å². The molecule has 4 rings (SSSR count). The standard InChI is InChI=1S/C36H55N3O5/c1-7-10-29(8-2)36(5)26-39(17-9-18-41-6)32-21-28(11-14-33(32)44-36)25-43-31-13-12-30(37-24-31)22-35(3,4)34(40)38-23-27-15-19-42-20-16-27/h7-8,10-11,14,21,27,30-31,37H,1-2,9,12-13,15-20,22-26H2,3-6H3,(H,38,40)/b29-10+/t30-,31+,36?/m0/s1. The number of hydrogen-bond donors (Lipinski definition) is 2. The largest absolute Gasteiger partial charge is 0.479 e. The summed E-state index contributed by atoms with van der Waals surface area (Å²) < 4.78 is 23.8. The van der Waals surface area contributed by atoms with E-state index in [9.17, 15) is 4.79 Å². The van der Waals surface area contributed by atoms with Crippen LogP contribution in [0.5, 0.6) is 5.75 Å². The number of rotatable bonds is 15. The van der Waals surface area contributed by atoms with Crippen LogP contribution in [0.25, 0.3) is 0 Å². The molecule has 8 nitrogen and oxygen atoms in total. The quantitative estimate of drug-likeness (QED) is 0.199. The first kappa shape index (κ1) is 34.2. The van der Waals surface area contributed by atoms with E-state index in [0.717, 1.165) is 93.9 Å². The zero-order chi connectivity index (χ0) is 31.6. The van der Waals surface area contributed by atoms with Crippen LogP contribution in [0.15, 0.2) is 55.2 Å². The van der Waals surface area contributed by atoms with Crippen molar-refractivity contribution in [2.45, 2.75) is 83.6 Å². The Kier molecular flexibility index (Phi) is 12.5. The van der Waals surface area contributed by atoms with Gasteiger partial charge in [-0.3, -0.25) is 4.79 Å². The lowest BCUT2D eigenvalue weighted by atomic mass is 9.82. The van der Waals surface area contributed by atoms with E-state index in [1.54, 1.807) is 13.2 Å². The number of allylic oxidation sites excluding steroid dienone is 2. The van der Waals surface area contributed by atoms with Gasteiger partial charge < -0.3 is 34.5 Å². The lowest BCUT2D eigenvalue weighted by molar-refractivity contribution is -0.130. The number of ether oxygens (including phenoxy) is 4. The average molecular weight is 610 g/mol. The first-order valence-corrected chi connectivity index (χ1v) is 16.4. The highest BCUT2D eigenvalue weighted by Crippen LogP contribution is 2.41. The maximum Gasteiger partial charge on any atom is 0.225 e. The second-order valence-electron chi connectivity index (χ2n) is 13.4. The summed E-state index contributed by atoms with van der Waals surface area (Å²) in [5.41, 5.74) is 2.27. The maximum absolute atomic E-state index is 13.0. The highest BCUT2D eigenvalue weighted by atomic mass is 16.5. The molecule has 0 saturated carbocycles. The third-order valence-corrected chi connectivity index (χ3v) is 9.32. The fourth-order valence-electron chi connectivity index (χ4n) is 6.60. The van der Waals surface area contributed by atoms with Gasteiger partial charge in [0.25, 0.3) is 0 Å². The smallest absolute Gasteiger partial charge is 0.225 e. The van der Waals surface area contributed by atoms with Gasteiger partial charge in [-0.1, -0.05) is 51.3 Å². The Bertz CT molecular complexity index is 1140. The Hall–Kier alpha value is -2.65. The molecule has 3 aliphatic heterocycles. The number of nitrogens with zero attached hydrogens (tertiary/aromatic N) is 1. The van der Waals surface area contributed by atoms with Gasteiger partial charge in [0, 0.05) is 58.0 Å². The van der Waals surface area contributed by atoms with Crippen LogP contribution in [-0.2, 0) is 25.6 Å². The fraction of sp³-hybridized carbons (Fsp3) is 0.639. The van der Waals surface area contributed by atoms with Gasteiger partial charge in [-0.25, -0.2) is 0 Å². The highest BCUT2D eigenvalue weighted by molar-refractivity contribution is 5.81. The van der Waals surface area contributed by atoms with Gasteiger partial charge in [0.2, 0.25) is 5.91 Å². The molecule has 0 aromatic heterocycles. The molecule has 44 heavy (non-hydrogen) atoms. The van der Waals surface area contributed by atoms with Crippen LogP contribution >= 0.6 is 0 Å². The summed E-state index contributed by atoms with van der Waals surface area (Å²) in [4.78, 5) is 15.4. The summed E-state index contributed by atoms with van der Waals surface area (Å²) >= 11 is 0. The minimum atomic E-state index is -0.529. The van der Waals surface area contributed by atoms with Crippen LogP contribution in [-0.4, -0.2) is 76.8 Å². The predicted molar refractivity (Wildman–Crippen MR) is 177 cm³/mol. The van der Waals surface area contributed by atoms with E-state index >= 15 is 0 Å². The molecular formula is C36H55N3O5. The molecule has 1 aromatic carbocycles. The molecular weight excluding hydrogens is 554 g/mol. The van der Waals surface area contributed by atoms with E-state index in [-0.39, 0.29) is 12.0 Å². The number of hydrogen-bond acceptors (Lipinski definition) is 7. The van der Waals surface area contributed by atoms with Gasteiger partial charge in [0.05, 0.1) is 24.9 Å². The van der Waals surface area contributed by atoms with Crippen molar-refractivity contribution in [1.29, 1.82) is 0 Å². The van der Waals surface area contributed by atoms with Crippen LogP contribution in [0.3, 0.4) is 0 Å². The second kappa shape index (κ2) is 16.1. The number of carbonyl (C=O) groups excluding carboxylic acids is 1. The topological polar surface area (TPSA) is 81.3 Å². The van der Waals surface area contributed by atoms with Crippen molar-refractivity contribution in [2.75, 3.05) is 58.0 Å². The monoisotopic (exact) mass is 609 g/mol. The first-order valence-electron chi connectivity index (χ1n) is 16.4. The van der Waals surface area contributed by atoms with Crippen LogP contribution in [0.1, 0.15) is 64.9 Å². The average Bonchev–Trinajstić information content (AvgIpc) is 3.02. The highest BCUT2D eigenvalue weighted by Gasteiger charge is 2.38. The van der Waals surface area contributed by atoms with Crippen LogP contribution in [0, 0.1) is 11.3 Å². The molecule has 0 aliphatic carbocycles. The van der Waals surface area contributed by atoms with Crippen LogP contribution in [0.4, 0.5) is 5.69 Å². The van der Waals surface area contributed by atoms with E-state index in [4.69, 9.17) is 18.9 Å². The SMILES string of the molecule is C=C/C=C(\C=C)C1(C)CN(CCCOC)c2cc(CO[C@@H]3CC[C@@H](CC(C)(C)C(=O)NCC4CCOCC4)NC3)ccc2O1. The Morgan fingerprint density at radius 3 is 2.70 bits per heavy atom. The molecule has 2 N–H and O–H groups in total. The zero-order valence-corrected chi connectivity index (χ0v) is 27.5. The number of fused-ring (bicyclic) bond motifs is 1. The number of methoxy groups -OCH3 is 1. The Balaban J connectivity index is 1.29. The molecule has 8 heteroatoms. The third kappa shape index (κ3) is 9.19. The molecule has 2 fully saturated rings. The van der Waals surface area contributed by atoms with Crippen molar-refractivity contribution in [3.8, 4) is 5.75 Å². The fourth-order valence-corrected chi connectivity index (χ4v) is 6.60. The van der Waals surface area contributed by atoms with Gasteiger partial charge in [-0.2, -0.15) is 0 Å². The molecule has 2 saturated heterocycles. The molecule has 0 radical (unpaired) electrons. The van der Waals surface area contributed by atoms with Crippen LogP contribution < -0.4 is 20.3 Å². The Morgan fingerprint density at radius 1 is 1.23 bits per heavy atom.